The molecule has 0 bridgehead atoms. The summed E-state index contributed by atoms with van der Waals surface area (Å²) in [7, 11) is 2.60. The van der Waals surface area contributed by atoms with Crippen molar-refractivity contribution in [2.24, 2.45) is 5.92 Å². The Labute approximate surface area is 154 Å². The number of aromatic amines is 1. The van der Waals surface area contributed by atoms with Crippen LogP contribution in [0.3, 0.4) is 0 Å². The van der Waals surface area contributed by atoms with Crippen molar-refractivity contribution < 1.29 is 8.95 Å². The third-order valence-electron chi connectivity index (χ3n) is 4.99. The van der Waals surface area contributed by atoms with Gasteiger partial charge in [0.2, 0.25) is 5.88 Å². The summed E-state index contributed by atoms with van der Waals surface area (Å²) in [6.07, 6.45) is 7.14. The molecule has 3 heterocycles. The minimum Gasteiger partial charge on any atom is -0.481 e. The summed E-state index contributed by atoms with van der Waals surface area (Å²) in [5.74, 6) is 2.56. The standard InChI is InChI=1S/C18H21N5O2S/c1-23(18-15-4-6-20-17(15)21-11-22-18)13-7-12(8-13)10-26(24)14-3-5-19-16(9-14)25-2/h3-6,9,11-13H,7-8,10H2,1-2H3,(H,20,21,22). The fourth-order valence-corrected chi connectivity index (χ4v) is 4.76. The first-order chi connectivity index (χ1) is 12.7. The Morgan fingerprint density at radius 3 is 2.96 bits per heavy atom. The van der Waals surface area contributed by atoms with Crippen molar-refractivity contribution in [3.63, 3.8) is 0 Å². The van der Waals surface area contributed by atoms with Crippen molar-refractivity contribution in [1.82, 2.24) is 19.9 Å². The van der Waals surface area contributed by atoms with E-state index in [1.54, 1.807) is 31.8 Å². The van der Waals surface area contributed by atoms with Crippen LogP contribution in [0.2, 0.25) is 0 Å². The topological polar surface area (TPSA) is 84.0 Å². The van der Waals surface area contributed by atoms with Crippen LogP contribution in [0.4, 0.5) is 5.82 Å². The molecule has 1 aliphatic carbocycles. The van der Waals surface area contributed by atoms with Crippen LogP contribution in [0.1, 0.15) is 12.8 Å². The lowest BCUT2D eigenvalue weighted by atomic mass is 9.81. The number of hydrogen-bond donors (Lipinski definition) is 1. The van der Waals surface area contributed by atoms with E-state index in [2.05, 4.69) is 31.9 Å². The molecular weight excluding hydrogens is 350 g/mol. The number of ether oxygens (including phenoxy) is 1. The summed E-state index contributed by atoms with van der Waals surface area (Å²) in [4.78, 5) is 18.9. The third-order valence-corrected chi connectivity index (χ3v) is 6.54. The van der Waals surface area contributed by atoms with Gasteiger partial charge >= 0.3 is 0 Å². The predicted octanol–water partition coefficient (Wildman–Crippen LogP) is 2.38. The molecule has 8 heteroatoms. The summed E-state index contributed by atoms with van der Waals surface area (Å²) in [6, 6.07) is 5.96. The molecule has 0 amide bonds. The van der Waals surface area contributed by atoms with E-state index in [0.717, 1.165) is 34.6 Å². The highest BCUT2D eigenvalue weighted by atomic mass is 32.2. The number of anilines is 1. The Hall–Kier alpha value is -2.48. The summed E-state index contributed by atoms with van der Waals surface area (Å²) in [5, 5.41) is 1.03. The quantitative estimate of drug-likeness (QED) is 0.716. The average molecular weight is 371 g/mol. The second-order valence-corrected chi connectivity index (χ2v) is 8.08. The van der Waals surface area contributed by atoms with E-state index in [1.807, 2.05) is 12.3 Å². The molecule has 0 saturated heterocycles. The molecule has 0 aromatic carbocycles. The Kier molecular flexibility index (Phi) is 4.58. The number of fused-ring (bicyclic) bond motifs is 1. The fraction of sp³-hybridized carbons (Fsp3) is 0.389. The number of nitrogens with one attached hydrogen (secondary N) is 1. The molecular formula is C18H21N5O2S. The number of pyridine rings is 1. The molecule has 136 valence electrons. The largest absolute Gasteiger partial charge is 0.481 e. The molecule has 1 saturated carbocycles. The predicted molar refractivity (Wildman–Crippen MR) is 101 cm³/mol. The lowest BCUT2D eigenvalue weighted by molar-refractivity contribution is 0.284. The molecule has 3 aromatic rings. The van der Waals surface area contributed by atoms with Crippen LogP contribution in [0.15, 0.2) is 41.8 Å². The van der Waals surface area contributed by atoms with Crippen LogP contribution in [0.25, 0.3) is 11.0 Å². The van der Waals surface area contributed by atoms with Crippen LogP contribution in [0.5, 0.6) is 5.88 Å². The fourth-order valence-electron chi connectivity index (χ4n) is 3.42. The minimum absolute atomic E-state index is 0.414. The molecule has 0 spiro atoms. The molecule has 4 rings (SSSR count). The van der Waals surface area contributed by atoms with Gasteiger partial charge in [0.05, 0.1) is 23.3 Å². The van der Waals surface area contributed by atoms with Crippen LogP contribution in [-0.2, 0) is 10.8 Å². The summed E-state index contributed by atoms with van der Waals surface area (Å²) in [6.45, 7) is 0. The Bertz CT molecular complexity index is 938. The average Bonchev–Trinajstić information content (AvgIpc) is 3.12. The molecule has 0 radical (unpaired) electrons. The van der Waals surface area contributed by atoms with Gasteiger partial charge < -0.3 is 14.6 Å². The summed E-state index contributed by atoms with van der Waals surface area (Å²) in [5.41, 5.74) is 0.852. The van der Waals surface area contributed by atoms with Crippen LogP contribution < -0.4 is 9.64 Å². The van der Waals surface area contributed by atoms with Gasteiger partial charge in [-0.2, -0.15) is 0 Å². The highest BCUT2D eigenvalue weighted by Gasteiger charge is 2.34. The zero-order chi connectivity index (χ0) is 18.1. The molecule has 7 nitrogen and oxygen atoms in total. The molecule has 1 unspecified atom stereocenters. The molecule has 1 fully saturated rings. The van der Waals surface area contributed by atoms with Gasteiger partial charge in [-0.3, -0.25) is 4.21 Å². The van der Waals surface area contributed by atoms with Gasteiger partial charge in [0.1, 0.15) is 17.8 Å². The van der Waals surface area contributed by atoms with Gasteiger partial charge in [0.25, 0.3) is 0 Å². The monoisotopic (exact) mass is 371 g/mol. The number of H-pyrrole nitrogens is 1. The molecule has 26 heavy (non-hydrogen) atoms. The maximum Gasteiger partial charge on any atom is 0.214 e. The Balaban J connectivity index is 1.38. The van der Waals surface area contributed by atoms with Crippen molar-refractivity contribution in [2.45, 2.75) is 23.8 Å². The van der Waals surface area contributed by atoms with Crippen molar-refractivity contribution >= 4 is 27.7 Å². The van der Waals surface area contributed by atoms with Gasteiger partial charge in [-0.15, -0.1) is 0 Å². The maximum absolute atomic E-state index is 12.6. The molecule has 1 aliphatic rings. The highest BCUT2D eigenvalue weighted by Crippen LogP contribution is 2.36. The smallest absolute Gasteiger partial charge is 0.214 e. The number of rotatable bonds is 6. The maximum atomic E-state index is 12.6. The van der Waals surface area contributed by atoms with Gasteiger partial charge in [-0.05, 0) is 30.9 Å². The first-order valence-corrected chi connectivity index (χ1v) is 9.87. The second kappa shape index (κ2) is 7.03. The highest BCUT2D eigenvalue weighted by molar-refractivity contribution is 7.85. The number of hydrogen-bond acceptors (Lipinski definition) is 6. The zero-order valence-electron chi connectivity index (χ0n) is 14.8. The van der Waals surface area contributed by atoms with Gasteiger partial charge in [0.15, 0.2) is 0 Å². The van der Waals surface area contributed by atoms with E-state index >= 15 is 0 Å². The normalized spacial score (nSPS) is 20.5. The molecule has 1 atom stereocenters. The first-order valence-electron chi connectivity index (χ1n) is 8.55. The van der Waals surface area contributed by atoms with E-state index in [9.17, 15) is 4.21 Å². The minimum atomic E-state index is -1.03. The van der Waals surface area contributed by atoms with E-state index in [0.29, 0.717) is 23.6 Å². The number of methoxy groups -OCH3 is 1. The Morgan fingerprint density at radius 1 is 1.31 bits per heavy atom. The van der Waals surface area contributed by atoms with Crippen molar-refractivity contribution in [3.8, 4) is 5.88 Å². The van der Waals surface area contributed by atoms with Gasteiger partial charge in [-0.25, -0.2) is 15.0 Å². The van der Waals surface area contributed by atoms with Crippen molar-refractivity contribution in [1.29, 1.82) is 0 Å². The molecule has 0 aliphatic heterocycles. The van der Waals surface area contributed by atoms with Crippen LogP contribution >= 0.6 is 0 Å². The van der Waals surface area contributed by atoms with Gasteiger partial charge in [-0.1, -0.05) is 0 Å². The zero-order valence-corrected chi connectivity index (χ0v) is 15.6. The number of nitrogens with zero attached hydrogens (tertiary/aromatic N) is 4. The first kappa shape index (κ1) is 17.0. The third kappa shape index (κ3) is 3.16. The summed E-state index contributed by atoms with van der Waals surface area (Å²) >= 11 is 0. The van der Waals surface area contributed by atoms with E-state index in [1.165, 1.54) is 0 Å². The van der Waals surface area contributed by atoms with Crippen molar-refractivity contribution in [3.05, 3.63) is 36.9 Å². The van der Waals surface area contributed by atoms with Crippen LogP contribution in [0, 0.1) is 5.92 Å². The Morgan fingerprint density at radius 2 is 2.15 bits per heavy atom. The van der Waals surface area contributed by atoms with E-state index in [-0.39, 0.29) is 0 Å². The van der Waals surface area contributed by atoms with Crippen molar-refractivity contribution in [2.75, 3.05) is 24.8 Å². The second-order valence-electron chi connectivity index (χ2n) is 6.59. The van der Waals surface area contributed by atoms with E-state index in [4.69, 9.17) is 4.74 Å². The van der Waals surface area contributed by atoms with E-state index < -0.39 is 10.8 Å². The lowest BCUT2D eigenvalue weighted by Crippen LogP contribution is -2.44. The number of aromatic nitrogens is 4. The van der Waals surface area contributed by atoms with Crippen LogP contribution in [-0.4, -0.2) is 50.1 Å². The molecule has 1 N–H and O–H groups in total. The SMILES string of the molecule is COc1cc(S(=O)CC2CC(N(C)c3ncnc4[nH]ccc34)C2)ccn1. The van der Waals surface area contributed by atoms with Gasteiger partial charge in [0, 0.05) is 42.2 Å². The molecule has 3 aromatic heterocycles. The lowest BCUT2D eigenvalue weighted by Gasteiger charge is -2.41. The summed E-state index contributed by atoms with van der Waals surface area (Å²) < 4.78 is 17.7.